The lowest BCUT2D eigenvalue weighted by molar-refractivity contribution is -0.140. The van der Waals surface area contributed by atoms with Crippen LogP contribution in [0, 0.1) is 5.82 Å². The van der Waals surface area contributed by atoms with Gasteiger partial charge in [-0.05, 0) is 58.6 Å². The fraction of sp³-hybridized carbons (Fsp3) is 0.263. The fourth-order valence-electron chi connectivity index (χ4n) is 2.87. The van der Waals surface area contributed by atoms with Gasteiger partial charge in [0.1, 0.15) is 5.82 Å². The first kappa shape index (κ1) is 17.6. The summed E-state index contributed by atoms with van der Waals surface area (Å²) in [4.78, 5) is 26.5. The van der Waals surface area contributed by atoms with Crippen LogP contribution >= 0.6 is 15.9 Å². The van der Waals surface area contributed by atoms with E-state index in [0.29, 0.717) is 17.6 Å². The number of carbonyl (C=O) groups excluding carboxylic acids is 2. The second kappa shape index (κ2) is 7.35. The Morgan fingerprint density at radius 1 is 1.20 bits per heavy atom. The summed E-state index contributed by atoms with van der Waals surface area (Å²) in [6, 6.07) is 11.7. The number of amides is 1. The van der Waals surface area contributed by atoms with Crippen LogP contribution in [0.1, 0.15) is 28.4 Å². The Bertz CT molecular complexity index is 824. The van der Waals surface area contributed by atoms with Gasteiger partial charge in [0.2, 0.25) is 0 Å². The minimum absolute atomic E-state index is 0.185. The lowest BCUT2D eigenvalue weighted by Crippen LogP contribution is -2.42. The van der Waals surface area contributed by atoms with Crippen LogP contribution in [0.25, 0.3) is 0 Å². The molecule has 0 radical (unpaired) electrons. The molecule has 0 aromatic heterocycles. The van der Waals surface area contributed by atoms with Crippen molar-refractivity contribution in [2.45, 2.75) is 26.0 Å². The number of nitrogens with zero attached hydrogens (tertiary/aromatic N) is 1. The van der Waals surface area contributed by atoms with Gasteiger partial charge in [0.25, 0.3) is 5.91 Å². The number of ether oxygens (including phenoxy) is 1. The van der Waals surface area contributed by atoms with Crippen molar-refractivity contribution < 1.29 is 18.7 Å². The van der Waals surface area contributed by atoms with Gasteiger partial charge in [0.15, 0.2) is 6.10 Å². The van der Waals surface area contributed by atoms with Crippen LogP contribution in [-0.2, 0) is 22.5 Å². The molecule has 0 saturated heterocycles. The van der Waals surface area contributed by atoms with E-state index < -0.39 is 17.9 Å². The number of esters is 1. The molecule has 0 N–H and O–H groups in total. The van der Waals surface area contributed by atoms with Crippen molar-refractivity contribution in [3.05, 3.63) is 69.4 Å². The number of rotatable bonds is 3. The number of hydrogen-bond donors (Lipinski definition) is 0. The molecule has 3 rings (SSSR count). The van der Waals surface area contributed by atoms with E-state index >= 15 is 0 Å². The number of carbonyl (C=O) groups is 2. The highest BCUT2D eigenvalue weighted by atomic mass is 79.9. The highest BCUT2D eigenvalue weighted by Crippen LogP contribution is 2.22. The van der Waals surface area contributed by atoms with Gasteiger partial charge >= 0.3 is 5.97 Å². The predicted molar refractivity (Wildman–Crippen MR) is 94.5 cm³/mol. The van der Waals surface area contributed by atoms with Crippen molar-refractivity contribution in [3.8, 4) is 0 Å². The molecule has 130 valence electrons. The van der Waals surface area contributed by atoms with Crippen molar-refractivity contribution in [3.63, 3.8) is 0 Å². The SMILES string of the molecule is C[C@@H](OC(=O)c1ccc(F)cc1Br)C(=O)N1CCc2ccccc2C1. The van der Waals surface area contributed by atoms with E-state index in [4.69, 9.17) is 4.74 Å². The Labute approximate surface area is 153 Å². The van der Waals surface area contributed by atoms with Gasteiger partial charge in [-0.15, -0.1) is 0 Å². The highest BCUT2D eigenvalue weighted by Gasteiger charge is 2.27. The number of halogens is 2. The number of fused-ring (bicyclic) bond motifs is 1. The summed E-state index contributed by atoms with van der Waals surface area (Å²) in [5.41, 5.74) is 2.54. The second-order valence-corrected chi connectivity index (χ2v) is 6.80. The third kappa shape index (κ3) is 3.90. The van der Waals surface area contributed by atoms with Crippen LogP contribution in [-0.4, -0.2) is 29.4 Å². The van der Waals surface area contributed by atoms with E-state index in [2.05, 4.69) is 22.0 Å². The molecule has 0 spiro atoms. The molecule has 0 fully saturated rings. The molecule has 1 amide bonds. The van der Waals surface area contributed by atoms with Gasteiger partial charge in [-0.25, -0.2) is 9.18 Å². The average Bonchev–Trinajstić information content (AvgIpc) is 2.60. The zero-order chi connectivity index (χ0) is 18.0. The number of hydrogen-bond acceptors (Lipinski definition) is 3. The van der Waals surface area contributed by atoms with Crippen LogP contribution in [0.3, 0.4) is 0 Å². The predicted octanol–water partition coefficient (Wildman–Crippen LogP) is 3.72. The van der Waals surface area contributed by atoms with E-state index in [1.807, 2.05) is 18.2 Å². The smallest absolute Gasteiger partial charge is 0.340 e. The molecule has 0 saturated carbocycles. The molecule has 0 aliphatic carbocycles. The summed E-state index contributed by atoms with van der Waals surface area (Å²) in [5.74, 6) is -1.36. The summed E-state index contributed by atoms with van der Waals surface area (Å²) in [6.07, 6.45) is -0.124. The summed E-state index contributed by atoms with van der Waals surface area (Å²) >= 11 is 3.13. The van der Waals surface area contributed by atoms with Crippen LogP contribution in [0.2, 0.25) is 0 Å². The summed E-state index contributed by atoms with van der Waals surface area (Å²) in [5, 5.41) is 0. The van der Waals surface area contributed by atoms with E-state index in [9.17, 15) is 14.0 Å². The molecular formula is C19H17BrFNO3. The van der Waals surface area contributed by atoms with Crippen molar-refractivity contribution in [1.82, 2.24) is 4.90 Å². The molecule has 0 unspecified atom stereocenters. The minimum Gasteiger partial charge on any atom is -0.449 e. The second-order valence-electron chi connectivity index (χ2n) is 5.95. The monoisotopic (exact) mass is 405 g/mol. The standard InChI is InChI=1S/C19H17BrFNO3/c1-12(25-19(24)16-7-6-15(21)10-17(16)20)18(23)22-9-8-13-4-2-3-5-14(13)11-22/h2-7,10,12H,8-9,11H2,1H3/t12-/m1/s1. The Morgan fingerprint density at radius 2 is 1.92 bits per heavy atom. The molecule has 0 bridgehead atoms. The van der Waals surface area contributed by atoms with Gasteiger partial charge in [0, 0.05) is 17.6 Å². The van der Waals surface area contributed by atoms with E-state index in [0.717, 1.165) is 12.0 Å². The first-order valence-corrected chi connectivity index (χ1v) is 8.76. The van der Waals surface area contributed by atoms with Gasteiger partial charge in [-0.2, -0.15) is 0 Å². The minimum atomic E-state index is -0.908. The fourth-order valence-corrected chi connectivity index (χ4v) is 3.38. The highest BCUT2D eigenvalue weighted by molar-refractivity contribution is 9.10. The Balaban J connectivity index is 1.66. The Hall–Kier alpha value is -2.21. The molecule has 1 aliphatic rings. The van der Waals surface area contributed by atoms with Gasteiger partial charge in [0.05, 0.1) is 5.56 Å². The van der Waals surface area contributed by atoms with Crippen LogP contribution in [0.15, 0.2) is 46.9 Å². The van der Waals surface area contributed by atoms with E-state index in [-0.39, 0.29) is 11.5 Å². The van der Waals surface area contributed by atoms with Gasteiger partial charge in [-0.1, -0.05) is 24.3 Å². The molecule has 1 heterocycles. The zero-order valence-electron chi connectivity index (χ0n) is 13.7. The normalized spacial score (nSPS) is 14.6. The van der Waals surface area contributed by atoms with E-state index in [1.54, 1.807) is 11.8 Å². The van der Waals surface area contributed by atoms with Crippen molar-refractivity contribution in [2.75, 3.05) is 6.54 Å². The Kier molecular flexibility index (Phi) is 5.18. The topological polar surface area (TPSA) is 46.6 Å². The van der Waals surface area contributed by atoms with Crippen LogP contribution < -0.4 is 0 Å². The molecule has 4 nitrogen and oxygen atoms in total. The summed E-state index contributed by atoms with van der Waals surface area (Å²) in [6.45, 7) is 2.66. The maximum Gasteiger partial charge on any atom is 0.340 e. The van der Waals surface area contributed by atoms with Crippen LogP contribution in [0.4, 0.5) is 4.39 Å². The molecule has 2 aromatic carbocycles. The molecule has 6 heteroatoms. The van der Waals surface area contributed by atoms with Crippen molar-refractivity contribution in [2.24, 2.45) is 0 Å². The largest absolute Gasteiger partial charge is 0.449 e. The average molecular weight is 406 g/mol. The third-order valence-electron chi connectivity index (χ3n) is 4.22. The maximum atomic E-state index is 13.1. The molecule has 1 atom stereocenters. The lowest BCUT2D eigenvalue weighted by Gasteiger charge is -2.30. The Morgan fingerprint density at radius 3 is 2.64 bits per heavy atom. The maximum absolute atomic E-state index is 13.1. The lowest BCUT2D eigenvalue weighted by atomic mass is 9.99. The van der Waals surface area contributed by atoms with E-state index in [1.165, 1.54) is 23.8 Å². The quantitative estimate of drug-likeness (QED) is 0.731. The molecule has 2 aromatic rings. The summed E-state index contributed by atoms with van der Waals surface area (Å²) in [7, 11) is 0. The first-order valence-electron chi connectivity index (χ1n) is 7.97. The molecular weight excluding hydrogens is 389 g/mol. The summed E-state index contributed by atoms with van der Waals surface area (Å²) < 4.78 is 18.7. The van der Waals surface area contributed by atoms with Crippen molar-refractivity contribution >= 4 is 27.8 Å². The first-order chi connectivity index (χ1) is 12.0. The van der Waals surface area contributed by atoms with Gasteiger partial charge < -0.3 is 9.64 Å². The third-order valence-corrected chi connectivity index (χ3v) is 4.88. The van der Waals surface area contributed by atoms with Crippen LogP contribution in [0.5, 0.6) is 0 Å². The zero-order valence-corrected chi connectivity index (χ0v) is 15.3. The van der Waals surface area contributed by atoms with Gasteiger partial charge in [-0.3, -0.25) is 4.79 Å². The molecule has 1 aliphatic heterocycles. The van der Waals surface area contributed by atoms with Crippen molar-refractivity contribution in [1.29, 1.82) is 0 Å². The number of benzene rings is 2. The molecule has 25 heavy (non-hydrogen) atoms.